The van der Waals surface area contributed by atoms with Crippen molar-refractivity contribution in [1.29, 1.82) is 0 Å². The van der Waals surface area contributed by atoms with E-state index in [0.29, 0.717) is 21.1 Å². The van der Waals surface area contributed by atoms with Crippen molar-refractivity contribution >= 4 is 55.4 Å². The summed E-state index contributed by atoms with van der Waals surface area (Å²) in [6.07, 6.45) is 0. The fourth-order valence-electron chi connectivity index (χ4n) is 1.12. The number of benzene rings is 1. The molecule has 1 aromatic heterocycles. The summed E-state index contributed by atoms with van der Waals surface area (Å²) in [5, 5.41) is 19.2. The number of nitrogens with zero attached hydrogens (tertiary/aromatic N) is 2. The van der Waals surface area contributed by atoms with Gasteiger partial charge in [-0.2, -0.15) is 0 Å². The van der Waals surface area contributed by atoms with Gasteiger partial charge in [0.05, 0.1) is 0 Å². The molecule has 0 fully saturated rings. The quantitative estimate of drug-likeness (QED) is 0.700. The van der Waals surface area contributed by atoms with Crippen LogP contribution in [0.4, 0.5) is 0 Å². The molecule has 0 aliphatic rings. The molecule has 0 aliphatic heterocycles. The van der Waals surface area contributed by atoms with Gasteiger partial charge in [-0.1, -0.05) is 0 Å². The first kappa shape index (κ1) is 10.8. The third kappa shape index (κ3) is 1.73. The predicted octanol–water partition coefficient (Wildman–Crippen LogP) is 0.606. The molecule has 0 spiro atoms. The van der Waals surface area contributed by atoms with E-state index in [0.717, 1.165) is 4.35 Å². The van der Waals surface area contributed by atoms with Crippen LogP contribution in [0.1, 0.15) is 0 Å². The molecular formula is C8H5AsCl2N2O2. The number of aromatic hydroxyl groups is 2. The van der Waals surface area contributed by atoms with Gasteiger partial charge in [-0.25, -0.2) is 0 Å². The minimum atomic E-state index is -0.543. The van der Waals surface area contributed by atoms with E-state index >= 15 is 0 Å². The maximum absolute atomic E-state index is 9.19. The van der Waals surface area contributed by atoms with Crippen molar-refractivity contribution in [2.45, 2.75) is 0 Å². The van der Waals surface area contributed by atoms with Crippen molar-refractivity contribution < 1.29 is 10.2 Å². The molecule has 1 aromatic carbocycles. The summed E-state index contributed by atoms with van der Waals surface area (Å²) < 4.78 is 0.720. The first-order valence-electron chi connectivity index (χ1n) is 3.84. The Balaban J connectivity index is 2.93. The number of rotatable bonds is 0. The van der Waals surface area contributed by atoms with E-state index in [1.807, 2.05) is 0 Å². The molecule has 0 radical (unpaired) electrons. The second-order valence-corrected chi connectivity index (χ2v) is 4.82. The van der Waals surface area contributed by atoms with Crippen molar-refractivity contribution in [2.75, 3.05) is 0 Å². The van der Waals surface area contributed by atoms with E-state index in [1.54, 1.807) is 6.07 Å². The monoisotopic (exact) mass is 306 g/mol. The SMILES string of the molecule is Oc1nc2cc(Cl)c([AsH2])c(Cl)c2nc1O. The van der Waals surface area contributed by atoms with Crippen LogP contribution in [0.5, 0.6) is 11.8 Å². The molecule has 0 aliphatic carbocycles. The molecule has 0 saturated carbocycles. The molecule has 0 amide bonds. The van der Waals surface area contributed by atoms with Gasteiger partial charge in [0.15, 0.2) is 0 Å². The molecule has 1 heterocycles. The van der Waals surface area contributed by atoms with Gasteiger partial charge >= 0.3 is 103 Å². The van der Waals surface area contributed by atoms with E-state index < -0.39 is 11.8 Å². The van der Waals surface area contributed by atoms with Crippen molar-refractivity contribution in [3.05, 3.63) is 16.1 Å². The Bertz CT molecular complexity index is 557. The average molecular weight is 307 g/mol. The number of halogens is 2. The van der Waals surface area contributed by atoms with Gasteiger partial charge in [0.1, 0.15) is 0 Å². The van der Waals surface area contributed by atoms with Crippen LogP contribution in [-0.4, -0.2) is 37.0 Å². The molecule has 1 unspecified atom stereocenters. The zero-order valence-electron chi connectivity index (χ0n) is 7.20. The van der Waals surface area contributed by atoms with E-state index in [-0.39, 0.29) is 0 Å². The third-order valence-corrected chi connectivity index (χ3v) is 4.57. The van der Waals surface area contributed by atoms with Crippen LogP contribution in [0.25, 0.3) is 11.0 Å². The fraction of sp³-hybridized carbons (Fsp3) is 0. The van der Waals surface area contributed by atoms with E-state index in [2.05, 4.69) is 9.97 Å². The molecule has 2 aromatic rings. The van der Waals surface area contributed by atoms with Crippen LogP contribution < -0.4 is 4.35 Å². The molecule has 2 rings (SSSR count). The minimum absolute atomic E-state index is 0.329. The summed E-state index contributed by atoms with van der Waals surface area (Å²) in [7, 11) is 0. The van der Waals surface area contributed by atoms with Crippen molar-refractivity contribution in [2.24, 2.45) is 0 Å². The van der Waals surface area contributed by atoms with Crippen LogP contribution >= 0.6 is 23.2 Å². The van der Waals surface area contributed by atoms with Gasteiger partial charge < -0.3 is 0 Å². The van der Waals surface area contributed by atoms with Crippen molar-refractivity contribution in [3.8, 4) is 11.8 Å². The molecule has 4 nitrogen and oxygen atoms in total. The predicted molar refractivity (Wildman–Crippen MR) is 61.1 cm³/mol. The van der Waals surface area contributed by atoms with Gasteiger partial charge in [0.2, 0.25) is 0 Å². The molecule has 2 N–H and O–H groups in total. The second kappa shape index (κ2) is 3.71. The Labute approximate surface area is 103 Å². The molecule has 7 heteroatoms. The summed E-state index contributed by atoms with van der Waals surface area (Å²) in [5.41, 5.74) is 0.678. The summed E-state index contributed by atoms with van der Waals surface area (Å²) in [5.74, 6) is -1.08. The summed E-state index contributed by atoms with van der Waals surface area (Å²) >= 11 is 13.1. The van der Waals surface area contributed by atoms with Gasteiger partial charge in [-0.05, 0) is 0 Å². The number of fused-ring (bicyclic) bond motifs is 1. The summed E-state index contributed by atoms with van der Waals surface area (Å²) in [4.78, 5) is 7.46. The Morgan fingerprint density at radius 2 is 1.73 bits per heavy atom. The molecule has 15 heavy (non-hydrogen) atoms. The van der Waals surface area contributed by atoms with Gasteiger partial charge in [0.25, 0.3) is 0 Å². The van der Waals surface area contributed by atoms with Gasteiger partial charge in [-0.3, -0.25) is 0 Å². The number of aromatic nitrogens is 2. The molecule has 0 saturated heterocycles. The van der Waals surface area contributed by atoms with Gasteiger partial charge in [0, 0.05) is 0 Å². The zero-order chi connectivity index (χ0) is 11.2. The summed E-state index contributed by atoms with van der Waals surface area (Å²) in [6, 6.07) is 1.55. The fourth-order valence-corrected chi connectivity index (χ4v) is 2.07. The summed E-state index contributed by atoms with van der Waals surface area (Å²) in [6.45, 7) is 0. The third-order valence-electron chi connectivity index (χ3n) is 1.85. The van der Waals surface area contributed by atoms with Crippen molar-refractivity contribution in [3.63, 3.8) is 0 Å². The molecule has 78 valence electrons. The Morgan fingerprint density at radius 1 is 1.13 bits per heavy atom. The average Bonchev–Trinajstić information content (AvgIpc) is 2.19. The van der Waals surface area contributed by atoms with Crippen LogP contribution in [0.3, 0.4) is 0 Å². The first-order chi connectivity index (χ1) is 7.00. The van der Waals surface area contributed by atoms with Gasteiger partial charge in [-0.15, -0.1) is 0 Å². The Kier molecular flexibility index (Phi) is 2.67. The van der Waals surface area contributed by atoms with E-state index in [1.165, 1.54) is 16.9 Å². The zero-order valence-corrected chi connectivity index (χ0v) is 11.1. The molecular weight excluding hydrogens is 302 g/mol. The van der Waals surface area contributed by atoms with E-state index in [9.17, 15) is 5.11 Å². The molecule has 1 atom stereocenters. The van der Waals surface area contributed by atoms with Crippen LogP contribution in [-0.2, 0) is 0 Å². The van der Waals surface area contributed by atoms with Crippen molar-refractivity contribution in [1.82, 2.24) is 9.97 Å². The maximum atomic E-state index is 9.19. The standard InChI is InChI=1S/C8H5AsCl2N2O2/c9-4-2(10)1-3-6(5(4)11)13-8(15)7(14)12-3/h1H,9H2,(H,12,14)(H,13,15). The van der Waals surface area contributed by atoms with E-state index in [4.69, 9.17) is 28.3 Å². The first-order valence-corrected chi connectivity index (χ1v) is 5.80. The topological polar surface area (TPSA) is 66.2 Å². The Hall–Kier alpha value is -0.702. The number of hydrogen-bond donors (Lipinski definition) is 2. The number of hydrogen-bond acceptors (Lipinski definition) is 4. The second-order valence-electron chi connectivity index (χ2n) is 2.82. The van der Waals surface area contributed by atoms with Crippen LogP contribution in [0, 0.1) is 0 Å². The molecule has 0 bridgehead atoms. The van der Waals surface area contributed by atoms with Crippen LogP contribution in [0.15, 0.2) is 6.07 Å². The Morgan fingerprint density at radius 3 is 2.40 bits per heavy atom. The normalized spacial score (nSPS) is 10.9. The van der Waals surface area contributed by atoms with Crippen LogP contribution in [0.2, 0.25) is 10.0 Å².